The van der Waals surface area contributed by atoms with Crippen LogP contribution in [0.25, 0.3) is 0 Å². The average Bonchev–Trinajstić information content (AvgIpc) is 2.48. The molecule has 1 aromatic carbocycles. The second-order valence-corrected chi connectivity index (χ2v) is 5.14. The van der Waals surface area contributed by atoms with E-state index in [4.69, 9.17) is 4.74 Å². The molecule has 1 rings (SSSR count). The Hall–Kier alpha value is -0.870. The first-order valence-corrected chi connectivity index (χ1v) is 7.44. The Kier molecular flexibility index (Phi) is 12.2. The molecule has 6 nitrogen and oxygen atoms in total. The quantitative estimate of drug-likeness (QED) is 0.240. The molecule has 0 heterocycles. The van der Waals surface area contributed by atoms with Crippen LogP contribution < -0.4 is 16.0 Å². The summed E-state index contributed by atoms with van der Waals surface area (Å²) in [5.41, 5.74) is 0.783. The number of nitrogens with zero attached hydrogens (tertiary/aromatic N) is 1. The van der Waals surface area contributed by atoms with E-state index in [1.165, 1.54) is 0 Å². The van der Waals surface area contributed by atoms with Crippen LogP contribution in [0, 0.1) is 0 Å². The number of aliphatic imine (C=N–C) groups is 1. The minimum atomic E-state index is -0.0443. The minimum Gasteiger partial charge on any atom is -0.383 e. The summed E-state index contributed by atoms with van der Waals surface area (Å²) >= 11 is 3.35. The number of benzene rings is 1. The number of nitrogens with one attached hydrogen (secondary N) is 3. The Morgan fingerprint density at radius 1 is 1.23 bits per heavy atom. The lowest BCUT2D eigenvalue weighted by Gasteiger charge is -2.11. The van der Waals surface area contributed by atoms with Gasteiger partial charge in [-0.15, -0.1) is 24.0 Å². The first kappa shape index (κ1) is 21.1. The normalized spacial score (nSPS) is 10.6. The maximum atomic E-state index is 11.8. The molecule has 0 fully saturated rings. The highest BCUT2D eigenvalue weighted by Crippen LogP contribution is 2.14. The summed E-state index contributed by atoms with van der Waals surface area (Å²) in [7, 11) is 3.33. The second-order valence-electron chi connectivity index (χ2n) is 4.22. The van der Waals surface area contributed by atoms with E-state index in [-0.39, 0.29) is 29.9 Å². The fourth-order valence-electron chi connectivity index (χ4n) is 1.54. The van der Waals surface area contributed by atoms with E-state index in [1.54, 1.807) is 14.2 Å². The number of methoxy groups -OCH3 is 1. The van der Waals surface area contributed by atoms with Crippen molar-refractivity contribution in [3.8, 4) is 0 Å². The first-order valence-electron chi connectivity index (χ1n) is 6.64. The summed E-state index contributed by atoms with van der Waals surface area (Å²) in [4.78, 5) is 15.8. The van der Waals surface area contributed by atoms with Gasteiger partial charge in [0.25, 0.3) is 0 Å². The molecule has 0 atom stereocenters. The van der Waals surface area contributed by atoms with Crippen molar-refractivity contribution >= 4 is 57.5 Å². The largest absolute Gasteiger partial charge is 0.383 e. The molecule has 0 bridgehead atoms. The number of carbonyl (C=O) groups excluding carboxylic acids is 1. The predicted molar refractivity (Wildman–Crippen MR) is 104 cm³/mol. The molecule has 1 aromatic rings. The van der Waals surface area contributed by atoms with E-state index in [1.807, 2.05) is 24.3 Å². The summed E-state index contributed by atoms with van der Waals surface area (Å²) in [6, 6.07) is 7.46. The summed E-state index contributed by atoms with van der Waals surface area (Å²) in [5.74, 6) is 0.612. The molecule has 0 aromatic heterocycles. The molecule has 3 N–H and O–H groups in total. The molecular formula is C14H22BrIN4O2. The van der Waals surface area contributed by atoms with Gasteiger partial charge in [0.1, 0.15) is 0 Å². The molecule has 0 radical (unpaired) electrons. The van der Waals surface area contributed by atoms with Crippen molar-refractivity contribution in [2.45, 2.75) is 6.42 Å². The van der Waals surface area contributed by atoms with Crippen molar-refractivity contribution < 1.29 is 9.53 Å². The van der Waals surface area contributed by atoms with Gasteiger partial charge in [-0.05, 0) is 24.3 Å². The average molecular weight is 485 g/mol. The van der Waals surface area contributed by atoms with Crippen LogP contribution in [0.5, 0.6) is 0 Å². The van der Waals surface area contributed by atoms with Crippen LogP contribution in [0.2, 0.25) is 0 Å². The topological polar surface area (TPSA) is 74.8 Å². The lowest BCUT2D eigenvalue weighted by atomic mass is 10.3. The van der Waals surface area contributed by atoms with Gasteiger partial charge in [-0.1, -0.05) is 15.9 Å². The van der Waals surface area contributed by atoms with E-state index in [9.17, 15) is 4.79 Å². The smallest absolute Gasteiger partial charge is 0.226 e. The monoisotopic (exact) mass is 484 g/mol. The van der Waals surface area contributed by atoms with Gasteiger partial charge in [-0.3, -0.25) is 9.79 Å². The van der Waals surface area contributed by atoms with Gasteiger partial charge >= 0.3 is 0 Å². The Bertz CT molecular complexity index is 468. The van der Waals surface area contributed by atoms with E-state index >= 15 is 0 Å². The Morgan fingerprint density at radius 3 is 2.45 bits per heavy atom. The standard InChI is InChI=1S/C14H21BrN4O2.HI/c1-16-14(18-9-10-21-2)17-8-7-13(20)19-12-5-3-11(15)4-6-12;/h3-6H,7-10H2,1-2H3,(H,19,20)(H2,16,17,18);1H. The Balaban J connectivity index is 0.00000441. The maximum absolute atomic E-state index is 11.8. The third kappa shape index (κ3) is 9.21. The number of anilines is 1. The maximum Gasteiger partial charge on any atom is 0.226 e. The molecular weight excluding hydrogens is 463 g/mol. The lowest BCUT2D eigenvalue weighted by Crippen LogP contribution is -2.40. The van der Waals surface area contributed by atoms with Gasteiger partial charge in [-0.25, -0.2) is 0 Å². The highest BCUT2D eigenvalue weighted by molar-refractivity contribution is 14.0. The zero-order valence-corrected chi connectivity index (χ0v) is 16.6. The fourth-order valence-corrected chi connectivity index (χ4v) is 1.81. The molecule has 0 saturated heterocycles. The van der Waals surface area contributed by atoms with Crippen molar-refractivity contribution in [3.05, 3.63) is 28.7 Å². The van der Waals surface area contributed by atoms with Crippen molar-refractivity contribution in [2.24, 2.45) is 4.99 Å². The number of carbonyl (C=O) groups is 1. The summed E-state index contributed by atoms with van der Waals surface area (Å²) in [6.45, 7) is 1.78. The molecule has 124 valence electrons. The Labute approximate surface area is 156 Å². The van der Waals surface area contributed by atoms with Crippen molar-refractivity contribution in [1.82, 2.24) is 10.6 Å². The minimum absolute atomic E-state index is 0. The number of ether oxygens (including phenoxy) is 1. The molecule has 0 saturated carbocycles. The molecule has 0 unspecified atom stereocenters. The Morgan fingerprint density at radius 2 is 1.86 bits per heavy atom. The van der Waals surface area contributed by atoms with Crippen molar-refractivity contribution in [3.63, 3.8) is 0 Å². The van der Waals surface area contributed by atoms with Gasteiger partial charge in [-0.2, -0.15) is 0 Å². The van der Waals surface area contributed by atoms with E-state index in [2.05, 4.69) is 36.9 Å². The summed E-state index contributed by atoms with van der Waals surface area (Å²) < 4.78 is 5.92. The number of hydrogen-bond donors (Lipinski definition) is 3. The highest BCUT2D eigenvalue weighted by atomic mass is 127. The molecule has 0 aliphatic rings. The lowest BCUT2D eigenvalue weighted by molar-refractivity contribution is -0.116. The molecule has 0 spiro atoms. The van der Waals surface area contributed by atoms with Crippen LogP contribution >= 0.6 is 39.9 Å². The molecule has 0 aliphatic carbocycles. The van der Waals surface area contributed by atoms with Gasteiger partial charge in [0.2, 0.25) is 5.91 Å². The molecule has 0 aliphatic heterocycles. The van der Waals surface area contributed by atoms with Gasteiger partial charge in [0, 0.05) is 43.8 Å². The highest BCUT2D eigenvalue weighted by Gasteiger charge is 2.03. The zero-order chi connectivity index (χ0) is 15.5. The SMILES string of the molecule is CN=C(NCCOC)NCCC(=O)Nc1ccc(Br)cc1.I. The molecule has 8 heteroatoms. The predicted octanol–water partition coefficient (Wildman–Crippen LogP) is 2.21. The van der Waals surface area contributed by atoms with Crippen LogP contribution in [0.1, 0.15) is 6.42 Å². The number of halogens is 2. The third-order valence-corrected chi connectivity index (χ3v) is 3.12. The van der Waals surface area contributed by atoms with Gasteiger partial charge in [0.05, 0.1) is 6.61 Å². The van der Waals surface area contributed by atoms with E-state index in [0.717, 1.165) is 10.2 Å². The van der Waals surface area contributed by atoms with E-state index < -0.39 is 0 Å². The number of hydrogen-bond acceptors (Lipinski definition) is 3. The number of amides is 1. The van der Waals surface area contributed by atoms with Crippen LogP contribution in [0.15, 0.2) is 33.7 Å². The molecule has 22 heavy (non-hydrogen) atoms. The fraction of sp³-hybridized carbons (Fsp3) is 0.429. The number of rotatable bonds is 7. The van der Waals surface area contributed by atoms with Gasteiger partial charge in [0.15, 0.2) is 5.96 Å². The van der Waals surface area contributed by atoms with Crippen LogP contribution in [0.4, 0.5) is 5.69 Å². The van der Waals surface area contributed by atoms with E-state index in [0.29, 0.717) is 32.1 Å². The van der Waals surface area contributed by atoms with Crippen molar-refractivity contribution in [2.75, 3.05) is 39.2 Å². The van der Waals surface area contributed by atoms with Crippen molar-refractivity contribution in [1.29, 1.82) is 0 Å². The number of guanidine groups is 1. The summed E-state index contributed by atoms with van der Waals surface area (Å²) in [5, 5.41) is 8.98. The first-order chi connectivity index (χ1) is 10.2. The van der Waals surface area contributed by atoms with Crippen LogP contribution in [0.3, 0.4) is 0 Å². The van der Waals surface area contributed by atoms with Crippen LogP contribution in [-0.2, 0) is 9.53 Å². The summed E-state index contributed by atoms with van der Waals surface area (Å²) in [6.07, 6.45) is 0.362. The third-order valence-electron chi connectivity index (χ3n) is 2.59. The van der Waals surface area contributed by atoms with Gasteiger partial charge < -0.3 is 20.7 Å². The zero-order valence-electron chi connectivity index (χ0n) is 12.7. The second kappa shape index (κ2) is 12.7. The van der Waals surface area contributed by atoms with Crippen LogP contribution in [-0.4, -0.2) is 45.7 Å². The molecule has 1 amide bonds.